The highest BCUT2D eigenvalue weighted by atomic mass is 35.5. The highest BCUT2D eigenvalue weighted by Gasteiger charge is 2.30. The van der Waals surface area contributed by atoms with Crippen LogP contribution in [0.5, 0.6) is 0 Å². The Balaban J connectivity index is 4.68. The lowest BCUT2D eigenvalue weighted by Crippen LogP contribution is -2.48. The molecule has 0 aliphatic rings. The predicted molar refractivity (Wildman–Crippen MR) is 70.4 cm³/mol. The Morgan fingerprint density at radius 1 is 1.19 bits per heavy atom. The number of alkyl halides is 1. The molecule has 5 heteroatoms. The Morgan fingerprint density at radius 3 is 2.00 bits per heavy atom. The molecule has 0 radical (unpaired) electrons. The highest BCUT2D eigenvalue weighted by Crippen LogP contribution is 2.20. The number of hydrogen-bond acceptors (Lipinski definition) is 2. The van der Waals surface area contributed by atoms with E-state index in [-0.39, 0.29) is 11.2 Å². The number of halogens is 1. The molecule has 0 rings (SSSR count). The van der Waals surface area contributed by atoms with E-state index in [0.717, 1.165) is 6.42 Å². The van der Waals surface area contributed by atoms with Crippen molar-refractivity contribution >= 4 is 21.6 Å². The van der Waals surface area contributed by atoms with Gasteiger partial charge < -0.3 is 0 Å². The van der Waals surface area contributed by atoms with Crippen LogP contribution in [0.3, 0.4) is 0 Å². The maximum absolute atomic E-state index is 11.9. The zero-order chi connectivity index (χ0) is 13.0. The maximum atomic E-state index is 11.9. The smallest absolute Gasteiger partial charge is 0.212 e. The van der Waals surface area contributed by atoms with Gasteiger partial charge in [0.25, 0.3) is 0 Å². The van der Waals surface area contributed by atoms with Gasteiger partial charge in [-0.1, -0.05) is 27.7 Å². The lowest BCUT2D eigenvalue weighted by Gasteiger charge is -2.30. The normalized spacial score (nSPS) is 17.1. The number of hydrogen-bond donors (Lipinski definition) is 1. The number of nitrogens with one attached hydrogen (secondary N) is 1. The summed E-state index contributed by atoms with van der Waals surface area (Å²) in [6.07, 6.45) is 1.39. The molecule has 0 aliphatic heterocycles. The minimum Gasteiger partial charge on any atom is -0.212 e. The van der Waals surface area contributed by atoms with Gasteiger partial charge in [-0.15, -0.1) is 11.6 Å². The van der Waals surface area contributed by atoms with E-state index in [0.29, 0.717) is 12.3 Å². The van der Waals surface area contributed by atoms with E-state index in [4.69, 9.17) is 11.6 Å². The zero-order valence-electron chi connectivity index (χ0n) is 10.9. The van der Waals surface area contributed by atoms with Crippen molar-refractivity contribution in [1.29, 1.82) is 0 Å². The predicted octanol–water partition coefficient (Wildman–Crippen LogP) is 2.75. The molecule has 0 saturated heterocycles. The van der Waals surface area contributed by atoms with Gasteiger partial charge in [0, 0.05) is 11.4 Å². The summed E-state index contributed by atoms with van der Waals surface area (Å²) in [6.45, 7) is 9.60. The van der Waals surface area contributed by atoms with Crippen molar-refractivity contribution in [2.45, 2.75) is 53.0 Å². The fourth-order valence-electron chi connectivity index (χ4n) is 1.49. The molecule has 98 valence electrons. The lowest BCUT2D eigenvalue weighted by molar-refractivity contribution is 0.382. The van der Waals surface area contributed by atoms with Crippen molar-refractivity contribution in [2.75, 3.05) is 11.6 Å². The molecule has 0 aromatic heterocycles. The molecule has 3 nitrogen and oxygen atoms in total. The molecule has 0 aromatic rings. The summed E-state index contributed by atoms with van der Waals surface area (Å²) in [5, 5.41) is 0. The Labute approximate surface area is 105 Å². The standard InChI is InChI=1S/C11H24ClNO2S/c1-6-11(5,7-8-12)13-16(14,15)9-10(2,3)4/h13H,6-9H2,1-5H3. The van der Waals surface area contributed by atoms with Crippen molar-refractivity contribution in [3.05, 3.63) is 0 Å². The van der Waals surface area contributed by atoms with Gasteiger partial charge in [-0.2, -0.15) is 0 Å². The van der Waals surface area contributed by atoms with Crippen LogP contribution in [0.25, 0.3) is 0 Å². The summed E-state index contributed by atoms with van der Waals surface area (Å²) >= 11 is 5.69. The van der Waals surface area contributed by atoms with Crippen LogP contribution in [0.15, 0.2) is 0 Å². The first-order chi connectivity index (χ1) is 7.04. The van der Waals surface area contributed by atoms with Crippen LogP contribution in [0.1, 0.15) is 47.5 Å². The van der Waals surface area contributed by atoms with Crippen molar-refractivity contribution < 1.29 is 8.42 Å². The monoisotopic (exact) mass is 269 g/mol. The van der Waals surface area contributed by atoms with Crippen LogP contribution >= 0.6 is 11.6 Å². The molecule has 0 bridgehead atoms. The Hall–Kier alpha value is 0.200. The second kappa shape index (κ2) is 5.69. The summed E-state index contributed by atoms with van der Waals surface area (Å²) in [5.74, 6) is 0.597. The SMILES string of the molecule is CCC(C)(CCCl)NS(=O)(=O)CC(C)(C)C. The van der Waals surface area contributed by atoms with Crippen molar-refractivity contribution in [2.24, 2.45) is 5.41 Å². The molecule has 1 unspecified atom stereocenters. The number of sulfonamides is 1. The van der Waals surface area contributed by atoms with E-state index < -0.39 is 15.6 Å². The van der Waals surface area contributed by atoms with Gasteiger partial charge in [-0.3, -0.25) is 0 Å². The molecule has 1 atom stereocenters. The van der Waals surface area contributed by atoms with Crippen molar-refractivity contribution in [3.63, 3.8) is 0 Å². The molecule has 0 aromatic carbocycles. The topological polar surface area (TPSA) is 46.2 Å². The van der Waals surface area contributed by atoms with Crippen LogP contribution in [0.2, 0.25) is 0 Å². The molecule has 0 spiro atoms. The first kappa shape index (κ1) is 16.2. The maximum Gasteiger partial charge on any atom is 0.212 e. The zero-order valence-corrected chi connectivity index (χ0v) is 12.5. The van der Waals surface area contributed by atoms with Crippen LogP contribution in [-0.4, -0.2) is 25.6 Å². The summed E-state index contributed by atoms with van der Waals surface area (Å²) in [6, 6.07) is 0. The van der Waals surface area contributed by atoms with E-state index in [2.05, 4.69) is 4.72 Å². The van der Waals surface area contributed by atoms with Crippen LogP contribution < -0.4 is 4.72 Å². The van der Waals surface area contributed by atoms with Gasteiger partial charge in [0.1, 0.15) is 0 Å². The molecule has 0 saturated carbocycles. The molecule has 0 fully saturated rings. The van der Waals surface area contributed by atoms with Crippen LogP contribution in [-0.2, 0) is 10.0 Å². The first-order valence-electron chi connectivity index (χ1n) is 5.61. The summed E-state index contributed by atoms with van der Waals surface area (Å²) in [5.41, 5.74) is -0.659. The van der Waals surface area contributed by atoms with E-state index in [1.54, 1.807) is 0 Å². The van der Waals surface area contributed by atoms with E-state index in [1.165, 1.54) is 0 Å². The summed E-state index contributed by atoms with van der Waals surface area (Å²) in [7, 11) is -3.24. The van der Waals surface area contributed by atoms with E-state index in [9.17, 15) is 8.42 Å². The third-order valence-electron chi connectivity index (χ3n) is 2.45. The van der Waals surface area contributed by atoms with E-state index >= 15 is 0 Å². The fourth-order valence-corrected chi connectivity index (χ4v) is 4.12. The highest BCUT2D eigenvalue weighted by molar-refractivity contribution is 7.89. The lowest BCUT2D eigenvalue weighted by atomic mass is 9.97. The van der Waals surface area contributed by atoms with Crippen molar-refractivity contribution in [3.8, 4) is 0 Å². The Morgan fingerprint density at radius 2 is 1.69 bits per heavy atom. The average Bonchev–Trinajstić information content (AvgIpc) is 1.98. The fraction of sp³-hybridized carbons (Fsp3) is 1.00. The second-order valence-corrected chi connectivity index (χ2v) is 7.88. The molecular weight excluding hydrogens is 246 g/mol. The van der Waals surface area contributed by atoms with Crippen LogP contribution in [0, 0.1) is 5.41 Å². The quantitative estimate of drug-likeness (QED) is 0.754. The first-order valence-corrected chi connectivity index (χ1v) is 7.80. The van der Waals surface area contributed by atoms with Gasteiger partial charge in [-0.25, -0.2) is 13.1 Å². The molecule has 0 aliphatic carbocycles. The molecule has 0 amide bonds. The van der Waals surface area contributed by atoms with Crippen LogP contribution in [0.4, 0.5) is 0 Å². The van der Waals surface area contributed by atoms with Gasteiger partial charge in [-0.05, 0) is 25.2 Å². The minimum absolute atomic E-state index is 0.137. The molecule has 1 N–H and O–H groups in total. The summed E-state index contributed by atoms with van der Waals surface area (Å²) < 4.78 is 26.6. The van der Waals surface area contributed by atoms with Gasteiger partial charge in [0.2, 0.25) is 10.0 Å². The average molecular weight is 270 g/mol. The second-order valence-electron chi connectivity index (χ2n) is 5.78. The largest absolute Gasteiger partial charge is 0.212 e. The Bertz CT molecular complexity index is 308. The van der Waals surface area contributed by atoms with Gasteiger partial charge in [0.05, 0.1) is 5.75 Å². The molecular formula is C11H24ClNO2S. The molecule has 0 heterocycles. The molecule has 16 heavy (non-hydrogen) atoms. The number of rotatable bonds is 6. The van der Waals surface area contributed by atoms with Gasteiger partial charge >= 0.3 is 0 Å². The third-order valence-corrected chi connectivity index (χ3v) is 4.69. The van der Waals surface area contributed by atoms with E-state index in [1.807, 2.05) is 34.6 Å². The summed E-state index contributed by atoms with van der Waals surface area (Å²) in [4.78, 5) is 0. The van der Waals surface area contributed by atoms with Crippen molar-refractivity contribution in [1.82, 2.24) is 4.72 Å². The Kier molecular flexibility index (Phi) is 5.77. The minimum atomic E-state index is -3.24. The third kappa shape index (κ3) is 6.71. The van der Waals surface area contributed by atoms with Gasteiger partial charge in [0.15, 0.2) is 0 Å².